The maximum absolute atomic E-state index is 11.7. The highest BCUT2D eigenvalue weighted by Crippen LogP contribution is 2.32. The fraction of sp³-hybridized carbons (Fsp3) is 0.182. The van der Waals surface area contributed by atoms with Crippen LogP contribution in [0.5, 0.6) is 0 Å². The molecule has 1 aromatic carbocycles. The molecular weight excluding hydrogens is 295 g/mol. The topological polar surface area (TPSA) is 52.0 Å². The minimum absolute atomic E-state index is 0.322. The van der Waals surface area contributed by atoms with Crippen LogP contribution in [0.15, 0.2) is 24.3 Å². The SMILES string of the molecule is Cc1nn(S(C)(=O)=O)c(-c2ccc(Cl)cc2)c1Cl. The van der Waals surface area contributed by atoms with Gasteiger partial charge in [-0.15, -0.1) is 0 Å². The van der Waals surface area contributed by atoms with Crippen LogP contribution in [0.1, 0.15) is 5.69 Å². The Kier molecular flexibility index (Phi) is 3.40. The summed E-state index contributed by atoms with van der Waals surface area (Å²) < 4.78 is 24.3. The molecular formula is C11H10Cl2N2O2S. The standard InChI is InChI=1S/C11H10Cl2N2O2S/c1-7-10(13)11(15(14-7)18(2,16)17)8-3-5-9(12)6-4-8/h3-6H,1-2H3. The predicted molar refractivity (Wildman–Crippen MR) is 72.7 cm³/mol. The van der Waals surface area contributed by atoms with Gasteiger partial charge in [0.1, 0.15) is 5.69 Å². The van der Waals surface area contributed by atoms with Crippen LogP contribution in [0.4, 0.5) is 0 Å². The van der Waals surface area contributed by atoms with Gasteiger partial charge >= 0.3 is 0 Å². The van der Waals surface area contributed by atoms with E-state index in [4.69, 9.17) is 23.2 Å². The number of halogens is 2. The highest BCUT2D eigenvalue weighted by atomic mass is 35.5. The van der Waals surface area contributed by atoms with Crippen molar-refractivity contribution in [2.75, 3.05) is 6.26 Å². The summed E-state index contributed by atoms with van der Waals surface area (Å²) in [4.78, 5) is 0. The van der Waals surface area contributed by atoms with Gasteiger partial charge in [0.15, 0.2) is 0 Å². The molecule has 2 aromatic rings. The molecule has 0 saturated carbocycles. The normalized spacial score (nSPS) is 11.8. The van der Waals surface area contributed by atoms with E-state index in [1.807, 2.05) is 0 Å². The van der Waals surface area contributed by atoms with Crippen LogP contribution in [-0.2, 0) is 10.0 Å². The van der Waals surface area contributed by atoms with Crippen molar-refractivity contribution in [3.8, 4) is 11.3 Å². The second-order valence-electron chi connectivity index (χ2n) is 3.86. The molecule has 18 heavy (non-hydrogen) atoms. The first-order chi connectivity index (χ1) is 8.30. The van der Waals surface area contributed by atoms with Gasteiger partial charge in [-0.05, 0) is 19.1 Å². The lowest BCUT2D eigenvalue weighted by Gasteiger charge is -2.05. The van der Waals surface area contributed by atoms with Crippen molar-refractivity contribution in [1.29, 1.82) is 0 Å². The second-order valence-corrected chi connectivity index (χ2v) is 6.49. The quantitative estimate of drug-likeness (QED) is 0.857. The lowest BCUT2D eigenvalue weighted by atomic mass is 10.1. The van der Waals surface area contributed by atoms with Crippen molar-refractivity contribution in [1.82, 2.24) is 9.19 Å². The Hall–Kier alpha value is -1.04. The third-order valence-electron chi connectivity index (χ3n) is 2.39. The van der Waals surface area contributed by atoms with Crippen LogP contribution in [0, 0.1) is 6.92 Å². The number of hydrogen-bond acceptors (Lipinski definition) is 3. The summed E-state index contributed by atoms with van der Waals surface area (Å²) in [5.41, 5.74) is 1.47. The molecule has 4 nitrogen and oxygen atoms in total. The van der Waals surface area contributed by atoms with Gasteiger partial charge in [-0.1, -0.05) is 35.3 Å². The maximum Gasteiger partial charge on any atom is 0.251 e. The van der Waals surface area contributed by atoms with Crippen LogP contribution in [-0.4, -0.2) is 23.9 Å². The summed E-state index contributed by atoms with van der Waals surface area (Å²) >= 11 is 11.9. The summed E-state index contributed by atoms with van der Waals surface area (Å²) in [6, 6.07) is 6.74. The molecule has 96 valence electrons. The van der Waals surface area contributed by atoms with Crippen molar-refractivity contribution in [2.24, 2.45) is 0 Å². The Morgan fingerprint density at radius 3 is 2.22 bits per heavy atom. The van der Waals surface area contributed by atoms with Gasteiger partial charge in [0, 0.05) is 10.6 Å². The average Bonchev–Trinajstić information content (AvgIpc) is 2.57. The molecule has 0 fully saturated rings. The van der Waals surface area contributed by atoms with Gasteiger partial charge in [-0.2, -0.15) is 9.19 Å². The summed E-state index contributed by atoms with van der Waals surface area (Å²) in [7, 11) is -3.51. The summed E-state index contributed by atoms with van der Waals surface area (Å²) in [5.74, 6) is 0. The number of benzene rings is 1. The predicted octanol–water partition coefficient (Wildman–Crippen LogP) is 2.97. The van der Waals surface area contributed by atoms with E-state index in [0.29, 0.717) is 27.0 Å². The molecule has 1 aromatic heterocycles. The van der Waals surface area contributed by atoms with Crippen molar-refractivity contribution < 1.29 is 8.42 Å². The van der Waals surface area contributed by atoms with E-state index in [9.17, 15) is 8.42 Å². The van der Waals surface area contributed by atoms with Gasteiger partial charge in [0.25, 0.3) is 10.0 Å². The van der Waals surface area contributed by atoms with E-state index in [-0.39, 0.29) is 0 Å². The van der Waals surface area contributed by atoms with Crippen LogP contribution >= 0.6 is 23.2 Å². The van der Waals surface area contributed by atoms with Crippen molar-refractivity contribution in [2.45, 2.75) is 6.92 Å². The molecule has 1 heterocycles. The number of aromatic nitrogens is 2. The lowest BCUT2D eigenvalue weighted by molar-refractivity contribution is 0.586. The third kappa shape index (κ3) is 2.39. The molecule has 0 radical (unpaired) electrons. The van der Waals surface area contributed by atoms with Crippen LogP contribution in [0.2, 0.25) is 10.0 Å². The van der Waals surface area contributed by atoms with E-state index in [1.165, 1.54) is 0 Å². The molecule has 0 N–H and O–H groups in total. The van der Waals surface area contributed by atoms with Crippen molar-refractivity contribution in [3.63, 3.8) is 0 Å². The van der Waals surface area contributed by atoms with Crippen LogP contribution < -0.4 is 0 Å². The van der Waals surface area contributed by atoms with E-state index in [0.717, 1.165) is 10.3 Å². The van der Waals surface area contributed by atoms with Gasteiger partial charge in [0.05, 0.1) is 17.0 Å². The molecule has 0 bridgehead atoms. The fourth-order valence-corrected chi connectivity index (χ4v) is 2.77. The molecule has 0 aliphatic heterocycles. The average molecular weight is 305 g/mol. The van der Waals surface area contributed by atoms with E-state index in [2.05, 4.69) is 5.10 Å². The zero-order valence-corrected chi connectivity index (χ0v) is 12.0. The molecule has 7 heteroatoms. The molecule has 0 aliphatic carbocycles. The Labute approximate surface area is 115 Å². The fourth-order valence-electron chi connectivity index (χ4n) is 1.57. The Morgan fingerprint density at radius 1 is 1.17 bits per heavy atom. The zero-order valence-electron chi connectivity index (χ0n) is 9.68. The number of hydrogen-bond donors (Lipinski definition) is 0. The van der Waals surface area contributed by atoms with Gasteiger partial charge in [0.2, 0.25) is 0 Å². The zero-order chi connectivity index (χ0) is 13.5. The highest BCUT2D eigenvalue weighted by molar-refractivity contribution is 7.89. The highest BCUT2D eigenvalue weighted by Gasteiger charge is 2.20. The molecule has 0 unspecified atom stereocenters. The number of nitrogens with zero attached hydrogens (tertiary/aromatic N) is 2. The molecule has 0 spiro atoms. The monoisotopic (exact) mass is 304 g/mol. The summed E-state index contributed by atoms with van der Waals surface area (Å²) in [6.07, 6.45) is 1.08. The molecule has 0 saturated heterocycles. The molecule has 0 amide bonds. The van der Waals surface area contributed by atoms with E-state index < -0.39 is 10.0 Å². The number of rotatable bonds is 2. The molecule has 2 rings (SSSR count). The van der Waals surface area contributed by atoms with Gasteiger partial charge in [-0.25, -0.2) is 8.42 Å². The smallest absolute Gasteiger partial charge is 0.205 e. The summed E-state index contributed by atoms with van der Waals surface area (Å²) in [6.45, 7) is 1.66. The first kappa shape index (κ1) is 13.4. The summed E-state index contributed by atoms with van der Waals surface area (Å²) in [5, 5.41) is 4.83. The van der Waals surface area contributed by atoms with E-state index >= 15 is 0 Å². The largest absolute Gasteiger partial charge is 0.251 e. The Bertz CT molecular complexity index is 691. The first-order valence-electron chi connectivity index (χ1n) is 5.02. The van der Waals surface area contributed by atoms with E-state index in [1.54, 1.807) is 31.2 Å². The van der Waals surface area contributed by atoms with Gasteiger partial charge in [-0.3, -0.25) is 0 Å². The molecule has 0 aliphatic rings. The van der Waals surface area contributed by atoms with Crippen molar-refractivity contribution >= 4 is 33.2 Å². The first-order valence-corrected chi connectivity index (χ1v) is 7.62. The second kappa shape index (κ2) is 4.57. The minimum atomic E-state index is -3.51. The Morgan fingerprint density at radius 2 is 1.72 bits per heavy atom. The van der Waals surface area contributed by atoms with Crippen molar-refractivity contribution in [3.05, 3.63) is 40.0 Å². The third-order valence-corrected chi connectivity index (χ3v) is 3.99. The van der Waals surface area contributed by atoms with Crippen LogP contribution in [0.25, 0.3) is 11.3 Å². The minimum Gasteiger partial charge on any atom is -0.205 e. The number of aryl methyl sites for hydroxylation is 1. The molecule has 0 atom stereocenters. The Balaban J connectivity index is 2.74. The van der Waals surface area contributed by atoms with Gasteiger partial charge < -0.3 is 0 Å². The maximum atomic E-state index is 11.7. The van der Waals surface area contributed by atoms with Crippen LogP contribution in [0.3, 0.4) is 0 Å². The lowest BCUT2D eigenvalue weighted by Crippen LogP contribution is -2.13.